The number of hydrogen-bond acceptors (Lipinski definition) is 5. The maximum Gasteiger partial charge on any atom is 0.245 e. The second-order valence-corrected chi connectivity index (χ2v) is 9.01. The number of ether oxygens (including phenoxy) is 1. The predicted molar refractivity (Wildman–Crippen MR) is 128 cm³/mol. The Morgan fingerprint density at radius 1 is 1.06 bits per heavy atom. The average Bonchev–Trinajstić information content (AvgIpc) is 2.88. The summed E-state index contributed by atoms with van der Waals surface area (Å²) in [4.78, 5) is 26.9. The number of benzene rings is 2. The second-order valence-electron chi connectivity index (χ2n) is 8.58. The molecule has 1 amide bonds. The number of morpholine rings is 1. The molecular weight excluding hydrogens is 455 g/mol. The van der Waals surface area contributed by atoms with Crippen molar-refractivity contribution in [2.75, 3.05) is 37.7 Å². The van der Waals surface area contributed by atoms with Crippen LogP contribution in [0.3, 0.4) is 0 Å². The molecule has 6 nitrogen and oxygen atoms in total. The lowest BCUT2D eigenvalue weighted by Gasteiger charge is -2.35. The zero-order valence-corrected chi connectivity index (χ0v) is 19.5. The van der Waals surface area contributed by atoms with E-state index in [1.165, 1.54) is 12.1 Å². The van der Waals surface area contributed by atoms with Crippen molar-refractivity contribution in [2.24, 2.45) is 0 Å². The molecule has 1 aromatic heterocycles. The first kappa shape index (κ1) is 22.7. The molecule has 0 radical (unpaired) electrons. The van der Waals surface area contributed by atoms with Crippen molar-refractivity contribution in [1.82, 2.24) is 14.9 Å². The summed E-state index contributed by atoms with van der Waals surface area (Å²) in [6.07, 6.45) is 1.07. The maximum absolute atomic E-state index is 13.7. The van der Waals surface area contributed by atoms with Crippen molar-refractivity contribution in [3.63, 3.8) is 0 Å². The molecule has 1 atom stereocenters. The van der Waals surface area contributed by atoms with Gasteiger partial charge in [0.05, 0.1) is 25.5 Å². The van der Waals surface area contributed by atoms with Gasteiger partial charge in [0.2, 0.25) is 5.91 Å². The van der Waals surface area contributed by atoms with Gasteiger partial charge in [0, 0.05) is 38.0 Å². The number of amides is 1. The Bertz CT molecular complexity index is 1170. The molecular formula is C26H26ClFN4O2. The average molecular weight is 481 g/mol. The van der Waals surface area contributed by atoms with Gasteiger partial charge < -0.3 is 14.5 Å². The van der Waals surface area contributed by atoms with Gasteiger partial charge in [-0.25, -0.2) is 14.4 Å². The SMILES string of the molecule is O=C(C(Cl)c1ccccc1)N1CCc2nc(Cc3cccc(F)c3)nc(N3CCOCC3)c2C1. The fourth-order valence-corrected chi connectivity index (χ4v) is 4.79. The third kappa shape index (κ3) is 4.91. The summed E-state index contributed by atoms with van der Waals surface area (Å²) in [6.45, 7) is 3.65. The molecule has 3 heterocycles. The van der Waals surface area contributed by atoms with E-state index in [-0.39, 0.29) is 11.7 Å². The number of alkyl halides is 1. The van der Waals surface area contributed by atoms with Crippen LogP contribution in [0.15, 0.2) is 54.6 Å². The number of hydrogen-bond donors (Lipinski definition) is 0. The highest BCUT2D eigenvalue weighted by atomic mass is 35.5. The molecule has 176 valence electrons. The van der Waals surface area contributed by atoms with Crippen LogP contribution < -0.4 is 4.90 Å². The van der Waals surface area contributed by atoms with E-state index in [1.54, 1.807) is 11.0 Å². The van der Waals surface area contributed by atoms with Gasteiger partial charge in [-0.05, 0) is 23.3 Å². The number of carbonyl (C=O) groups is 1. The first-order valence-corrected chi connectivity index (χ1v) is 12.0. The molecule has 8 heteroatoms. The molecule has 0 saturated carbocycles. The monoisotopic (exact) mass is 480 g/mol. The second kappa shape index (κ2) is 10.1. The van der Waals surface area contributed by atoms with Crippen molar-refractivity contribution in [3.8, 4) is 0 Å². The highest BCUT2D eigenvalue weighted by Gasteiger charge is 2.31. The lowest BCUT2D eigenvalue weighted by Crippen LogP contribution is -2.42. The summed E-state index contributed by atoms with van der Waals surface area (Å²) in [5, 5.41) is -0.734. The summed E-state index contributed by atoms with van der Waals surface area (Å²) in [6, 6.07) is 15.9. The Kier molecular flexibility index (Phi) is 6.74. The zero-order chi connectivity index (χ0) is 23.5. The van der Waals surface area contributed by atoms with Gasteiger partial charge >= 0.3 is 0 Å². The molecule has 1 saturated heterocycles. The van der Waals surface area contributed by atoms with Crippen LogP contribution in [0.5, 0.6) is 0 Å². The van der Waals surface area contributed by atoms with Crippen LogP contribution >= 0.6 is 11.6 Å². The van der Waals surface area contributed by atoms with E-state index in [0.717, 1.165) is 41.3 Å². The number of aromatic nitrogens is 2. The molecule has 0 spiro atoms. The standard InChI is InChI=1S/C26H26ClFN4O2/c27-24(19-6-2-1-3-7-19)26(33)32-10-9-22-21(17-32)25(31-11-13-34-14-12-31)30-23(29-22)16-18-5-4-8-20(28)15-18/h1-8,15,24H,9-14,16-17H2. The van der Waals surface area contributed by atoms with E-state index in [1.807, 2.05) is 36.4 Å². The van der Waals surface area contributed by atoms with E-state index in [0.29, 0.717) is 45.0 Å². The van der Waals surface area contributed by atoms with E-state index < -0.39 is 5.38 Å². The molecule has 2 aliphatic heterocycles. The van der Waals surface area contributed by atoms with E-state index in [2.05, 4.69) is 4.90 Å². The van der Waals surface area contributed by atoms with Crippen molar-refractivity contribution in [1.29, 1.82) is 0 Å². The summed E-state index contributed by atoms with van der Waals surface area (Å²) in [5.74, 6) is 1.11. The minimum absolute atomic E-state index is 0.115. The van der Waals surface area contributed by atoms with Crippen LogP contribution in [-0.4, -0.2) is 53.6 Å². The summed E-state index contributed by atoms with van der Waals surface area (Å²) in [7, 11) is 0. The smallest absolute Gasteiger partial charge is 0.245 e. The third-order valence-corrected chi connectivity index (χ3v) is 6.71. The number of anilines is 1. The number of rotatable bonds is 5. The van der Waals surface area contributed by atoms with Gasteiger partial charge in [-0.1, -0.05) is 42.5 Å². The molecule has 1 unspecified atom stereocenters. The zero-order valence-electron chi connectivity index (χ0n) is 18.8. The van der Waals surface area contributed by atoms with Crippen molar-refractivity contribution in [2.45, 2.75) is 24.8 Å². The van der Waals surface area contributed by atoms with Gasteiger partial charge in [0.25, 0.3) is 0 Å². The first-order valence-electron chi connectivity index (χ1n) is 11.5. The van der Waals surface area contributed by atoms with Crippen LogP contribution in [0.25, 0.3) is 0 Å². The topological polar surface area (TPSA) is 58.6 Å². The van der Waals surface area contributed by atoms with Gasteiger partial charge in [-0.2, -0.15) is 0 Å². The number of carbonyl (C=O) groups excluding carboxylic acids is 1. The van der Waals surface area contributed by atoms with Crippen LogP contribution in [0.1, 0.15) is 33.6 Å². The minimum Gasteiger partial charge on any atom is -0.378 e. The van der Waals surface area contributed by atoms with Gasteiger partial charge in [0.1, 0.15) is 22.8 Å². The molecule has 2 aromatic carbocycles. The van der Waals surface area contributed by atoms with E-state index in [9.17, 15) is 9.18 Å². The van der Waals surface area contributed by atoms with Crippen LogP contribution in [0.4, 0.5) is 10.2 Å². The first-order chi connectivity index (χ1) is 16.6. The van der Waals surface area contributed by atoms with Crippen LogP contribution in [0.2, 0.25) is 0 Å². The highest BCUT2D eigenvalue weighted by Crippen LogP contribution is 2.31. The third-order valence-electron chi connectivity index (χ3n) is 6.27. The predicted octanol–water partition coefficient (Wildman–Crippen LogP) is 3.91. The molecule has 34 heavy (non-hydrogen) atoms. The molecule has 2 aliphatic rings. The normalized spacial score (nSPS) is 16.8. The Hall–Kier alpha value is -3.03. The molecule has 0 N–H and O–H groups in total. The summed E-state index contributed by atoms with van der Waals surface area (Å²) < 4.78 is 19.2. The van der Waals surface area contributed by atoms with Crippen LogP contribution in [0, 0.1) is 5.82 Å². The van der Waals surface area contributed by atoms with Crippen molar-refractivity contribution >= 4 is 23.3 Å². The number of halogens is 2. The lowest BCUT2D eigenvalue weighted by molar-refractivity contribution is -0.131. The van der Waals surface area contributed by atoms with Crippen molar-refractivity contribution < 1.29 is 13.9 Å². The van der Waals surface area contributed by atoms with Crippen LogP contribution in [-0.2, 0) is 28.9 Å². The van der Waals surface area contributed by atoms with Gasteiger partial charge in [-0.15, -0.1) is 11.6 Å². The quantitative estimate of drug-likeness (QED) is 0.518. The van der Waals surface area contributed by atoms with E-state index in [4.69, 9.17) is 26.3 Å². The van der Waals surface area contributed by atoms with Gasteiger partial charge in [-0.3, -0.25) is 4.79 Å². The Morgan fingerprint density at radius 2 is 1.85 bits per heavy atom. The molecule has 0 bridgehead atoms. The highest BCUT2D eigenvalue weighted by molar-refractivity contribution is 6.30. The minimum atomic E-state index is -0.734. The van der Waals surface area contributed by atoms with E-state index >= 15 is 0 Å². The molecule has 1 fully saturated rings. The fourth-order valence-electron chi connectivity index (χ4n) is 4.50. The molecule has 3 aromatic rings. The molecule has 0 aliphatic carbocycles. The number of nitrogens with zero attached hydrogens (tertiary/aromatic N) is 4. The fraction of sp³-hybridized carbons (Fsp3) is 0.346. The molecule has 5 rings (SSSR count). The van der Waals surface area contributed by atoms with Gasteiger partial charge in [0.15, 0.2) is 0 Å². The summed E-state index contributed by atoms with van der Waals surface area (Å²) in [5.41, 5.74) is 3.52. The maximum atomic E-state index is 13.7. The number of fused-ring (bicyclic) bond motifs is 1. The Labute approximate surface area is 203 Å². The Balaban J connectivity index is 1.44. The van der Waals surface area contributed by atoms with Crippen molar-refractivity contribution in [3.05, 3.63) is 88.6 Å². The summed E-state index contributed by atoms with van der Waals surface area (Å²) >= 11 is 6.55. The largest absolute Gasteiger partial charge is 0.378 e. The Morgan fingerprint density at radius 3 is 2.62 bits per heavy atom. The lowest BCUT2D eigenvalue weighted by atomic mass is 10.0.